The molecule has 3 N–H and O–H groups in total. The molecule has 0 saturated carbocycles. The van der Waals surface area contributed by atoms with E-state index in [2.05, 4.69) is 15.5 Å². The third-order valence-corrected chi connectivity index (χ3v) is 5.88. The summed E-state index contributed by atoms with van der Waals surface area (Å²) in [7, 11) is 3.18. The van der Waals surface area contributed by atoms with Crippen LogP contribution < -0.4 is 20.3 Å². The zero-order valence-electron chi connectivity index (χ0n) is 16.6. The van der Waals surface area contributed by atoms with E-state index in [0.29, 0.717) is 47.1 Å². The van der Waals surface area contributed by atoms with E-state index in [0.717, 1.165) is 11.3 Å². The van der Waals surface area contributed by atoms with Crippen molar-refractivity contribution in [2.45, 2.75) is 24.7 Å². The average Bonchev–Trinajstić information content (AvgIpc) is 3.42. The average molecular weight is 407 g/mol. The van der Waals surface area contributed by atoms with Crippen LogP contribution >= 0.6 is 0 Å². The number of nitrogens with one attached hydrogen (secondary N) is 3. The molecule has 2 aromatic heterocycles. The lowest BCUT2D eigenvalue weighted by Gasteiger charge is -2.33. The van der Waals surface area contributed by atoms with Crippen LogP contribution in [0.15, 0.2) is 57.1 Å². The van der Waals surface area contributed by atoms with Crippen LogP contribution in [0.3, 0.4) is 0 Å². The molecule has 2 atom stereocenters. The lowest BCUT2D eigenvalue weighted by Crippen LogP contribution is -2.31. The molecule has 0 fully saturated rings. The van der Waals surface area contributed by atoms with Crippen LogP contribution in [0.5, 0.6) is 11.5 Å². The van der Waals surface area contributed by atoms with Gasteiger partial charge in [0.1, 0.15) is 11.6 Å². The van der Waals surface area contributed by atoms with Crippen LogP contribution in [-0.4, -0.2) is 30.2 Å². The van der Waals surface area contributed by atoms with Crippen LogP contribution in [0.25, 0.3) is 0 Å². The predicted molar refractivity (Wildman–Crippen MR) is 109 cm³/mol. The zero-order chi connectivity index (χ0) is 20.8. The summed E-state index contributed by atoms with van der Waals surface area (Å²) in [6.45, 7) is 0. The Labute approximate surface area is 171 Å². The number of hydrogen-bond donors (Lipinski definition) is 3. The molecule has 0 unspecified atom stereocenters. The number of H-pyrrole nitrogens is 2. The first-order valence-electron chi connectivity index (χ1n) is 9.69. The smallest absolute Gasteiger partial charge is 0.270 e. The van der Waals surface area contributed by atoms with Gasteiger partial charge in [-0.2, -0.15) is 0 Å². The molecule has 0 amide bonds. The van der Waals surface area contributed by atoms with Crippen LogP contribution in [0.4, 0.5) is 5.82 Å². The number of aromatic nitrogens is 2. The van der Waals surface area contributed by atoms with Crippen LogP contribution in [0, 0.1) is 0 Å². The van der Waals surface area contributed by atoms with E-state index in [9.17, 15) is 9.59 Å². The fraction of sp³-hybridized carbons (Fsp3) is 0.273. The maximum Gasteiger partial charge on any atom is 0.270 e. The molecule has 8 nitrogen and oxygen atoms in total. The standard InChI is InChI=1S/C22H21N3O5/c1-28-15-6-5-11(10-17(15)29-2)12-8-13-18(14(26)9-12)19(16-4-3-7-30-16)20-21(23-13)24-25-22(20)27/h3-7,10,12,19H,8-9H2,1-2H3,(H3,23,24,25,27)/t12-,19+/m0/s1. The molecule has 3 aromatic rings. The van der Waals surface area contributed by atoms with Gasteiger partial charge >= 0.3 is 0 Å². The van der Waals surface area contributed by atoms with Gasteiger partial charge in [-0.15, -0.1) is 0 Å². The van der Waals surface area contributed by atoms with Gasteiger partial charge < -0.3 is 19.2 Å². The number of Topliss-reactive ketones (excluding diaryl/α,β-unsaturated/α-hetero) is 1. The minimum atomic E-state index is -0.528. The van der Waals surface area contributed by atoms with Gasteiger partial charge in [0, 0.05) is 17.7 Å². The number of carbonyl (C=O) groups excluding carboxylic acids is 1. The highest BCUT2D eigenvalue weighted by Crippen LogP contribution is 2.47. The number of methoxy groups -OCH3 is 2. The topological polar surface area (TPSA) is 109 Å². The number of carbonyl (C=O) groups is 1. The highest BCUT2D eigenvalue weighted by atomic mass is 16.5. The van der Waals surface area contributed by atoms with E-state index in [1.165, 1.54) is 0 Å². The van der Waals surface area contributed by atoms with E-state index < -0.39 is 5.92 Å². The van der Waals surface area contributed by atoms with E-state index >= 15 is 0 Å². The normalized spacial score (nSPS) is 20.4. The molecule has 0 spiro atoms. The summed E-state index contributed by atoms with van der Waals surface area (Å²) in [5.74, 6) is 1.87. The van der Waals surface area contributed by atoms with Crippen molar-refractivity contribution in [3.8, 4) is 11.5 Å². The second-order valence-corrected chi connectivity index (χ2v) is 7.48. The molecule has 2 aliphatic rings. The second kappa shape index (κ2) is 6.98. The quantitative estimate of drug-likeness (QED) is 0.612. The maximum atomic E-state index is 13.3. The summed E-state index contributed by atoms with van der Waals surface area (Å²) < 4.78 is 16.4. The summed E-state index contributed by atoms with van der Waals surface area (Å²) in [6, 6.07) is 9.28. The fourth-order valence-electron chi connectivity index (χ4n) is 4.50. The minimum absolute atomic E-state index is 0.00353. The van der Waals surface area contributed by atoms with E-state index in [-0.39, 0.29) is 17.3 Å². The second-order valence-electron chi connectivity index (χ2n) is 7.48. The monoisotopic (exact) mass is 407 g/mol. The predicted octanol–water partition coefficient (Wildman–Crippen LogP) is 3.27. The van der Waals surface area contributed by atoms with Gasteiger partial charge in [0.2, 0.25) is 0 Å². The summed E-state index contributed by atoms with van der Waals surface area (Å²) in [5, 5.41) is 8.76. The third-order valence-electron chi connectivity index (χ3n) is 5.88. The van der Waals surface area contributed by atoms with Crippen LogP contribution in [-0.2, 0) is 4.79 Å². The number of anilines is 1. The summed E-state index contributed by atoms with van der Waals surface area (Å²) >= 11 is 0. The first-order valence-corrected chi connectivity index (χ1v) is 9.69. The van der Waals surface area contributed by atoms with Crippen molar-refractivity contribution >= 4 is 11.6 Å². The molecular formula is C22H21N3O5. The summed E-state index contributed by atoms with van der Waals surface area (Å²) in [4.78, 5) is 25.8. The number of rotatable bonds is 4. The summed E-state index contributed by atoms with van der Waals surface area (Å²) in [5.41, 5.74) is 2.61. The van der Waals surface area contributed by atoms with Crippen molar-refractivity contribution in [2.24, 2.45) is 0 Å². The molecule has 0 bridgehead atoms. The maximum absolute atomic E-state index is 13.3. The Morgan fingerprint density at radius 2 is 1.87 bits per heavy atom. The van der Waals surface area contributed by atoms with Gasteiger partial charge in [-0.3, -0.25) is 19.8 Å². The van der Waals surface area contributed by atoms with Gasteiger partial charge in [-0.25, -0.2) is 0 Å². The molecule has 3 heterocycles. The molecule has 1 aliphatic carbocycles. The Balaban J connectivity index is 1.57. The van der Waals surface area contributed by atoms with Crippen molar-refractivity contribution in [3.63, 3.8) is 0 Å². The Morgan fingerprint density at radius 1 is 1.03 bits per heavy atom. The third kappa shape index (κ3) is 2.75. The zero-order valence-corrected chi connectivity index (χ0v) is 16.6. The van der Waals surface area contributed by atoms with Crippen LogP contribution in [0.1, 0.15) is 41.6 Å². The van der Waals surface area contributed by atoms with Gasteiger partial charge in [0.05, 0.1) is 32.0 Å². The number of hydrogen-bond acceptors (Lipinski definition) is 6. The highest BCUT2D eigenvalue weighted by Gasteiger charge is 2.41. The van der Waals surface area contributed by atoms with E-state index in [1.807, 2.05) is 18.2 Å². The van der Waals surface area contributed by atoms with Gasteiger partial charge in [-0.1, -0.05) is 6.07 Å². The first kappa shape index (κ1) is 18.4. The lowest BCUT2D eigenvalue weighted by molar-refractivity contribution is -0.116. The molecule has 8 heteroatoms. The number of allylic oxidation sites excluding steroid dienone is 2. The molecule has 154 valence electrons. The summed E-state index contributed by atoms with van der Waals surface area (Å²) in [6.07, 6.45) is 2.52. The number of fused-ring (bicyclic) bond motifs is 1. The molecule has 0 radical (unpaired) electrons. The molecule has 30 heavy (non-hydrogen) atoms. The number of furan rings is 1. The van der Waals surface area contributed by atoms with Gasteiger partial charge in [-0.05, 0) is 42.2 Å². The number of benzene rings is 1. The Hall–Kier alpha value is -3.68. The highest BCUT2D eigenvalue weighted by molar-refractivity contribution is 6.01. The largest absolute Gasteiger partial charge is 0.493 e. The molecule has 5 rings (SSSR count). The SMILES string of the molecule is COc1ccc([C@@H]2CC(=O)C3=C(C2)Nc2[nH][nH]c(=O)c2[C@@H]3c2ccco2)cc1OC. The fourth-order valence-corrected chi connectivity index (χ4v) is 4.50. The first-order chi connectivity index (χ1) is 14.6. The number of ketones is 1. The van der Waals surface area contributed by atoms with Crippen molar-refractivity contribution in [2.75, 3.05) is 19.5 Å². The van der Waals surface area contributed by atoms with Crippen molar-refractivity contribution in [1.29, 1.82) is 0 Å². The van der Waals surface area contributed by atoms with Crippen molar-refractivity contribution < 1.29 is 18.7 Å². The van der Waals surface area contributed by atoms with Crippen molar-refractivity contribution in [1.82, 2.24) is 10.2 Å². The molecule has 1 aromatic carbocycles. The Bertz CT molecular complexity index is 1200. The van der Waals surface area contributed by atoms with Crippen molar-refractivity contribution in [3.05, 3.63) is 75.1 Å². The van der Waals surface area contributed by atoms with Gasteiger partial charge in [0.25, 0.3) is 5.56 Å². The molecular weight excluding hydrogens is 386 g/mol. The van der Waals surface area contributed by atoms with E-state index in [4.69, 9.17) is 13.9 Å². The molecule has 0 saturated heterocycles. The number of ether oxygens (including phenoxy) is 2. The van der Waals surface area contributed by atoms with E-state index in [1.54, 1.807) is 32.6 Å². The Kier molecular flexibility index (Phi) is 4.27. The molecule has 1 aliphatic heterocycles. The van der Waals surface area contributed by atoms with Gasteiger partial charge in [0.15, 0.2) is 17.3 Å². The van der Waals surface area contributed by atoms with Crippen LogP contribution in [0.2, 0.25) is 0 Å². The lowest BCUT2D eigenvalue weighted by atomic mass is 9.74. The minimum Gasteiger partial charge on any atom is -0.493 e. The number of aromatic amines is 2. The Morgan fingerprint density at radius 3 is 2.60 bits per heavy atom.